The Morgan fingerprint density at radius 1 is 0.714 bits per heavy atom. The first kappa shape index (κ1) is 22.3. The minimum absolute atomic E-state index is 0.00630. The molecule has 0 saturated carbocycles. The summed E-state index contributed by atoms with van der Waals surface area (Å²) in [5, 5.41) is 21.7. The second-order valence-corrected chi connectivity index (χ2v) is 10.2. The molecule has 0 atom stereocenters. The van der Waals surface area contributed by atoms with Crippen LogP contribution < -0.4 is 0 Å². The van der Waals surface area contributed by atoms with Crippen molar-refractivity contribution in [2.45, 2.75) is 91.9 Å². The number of aromatic hydroxyl groups is 2. The maximum absolute atomic E-state index is 10.9. The summed E-state index contributed by atoms with van der Waals surface area (Å²) in [7, 11) is 0. The third-order valence-electron chi connectivity index (χ3n) is 5.87. The van der Waals surface area contributed by atoms with Crippen molar-refractivity contribution in [3.05, 3.63) is 57.6 Å². The highest BCUT2D eigenvalue weighted by molar-refractivity contribution is 5.57. The minimum atomic E-state index is -0.0328. The van der Waals surface area contributed by atoms with E-state index in [1.165, 1.54) is 11.1 Å². The smallest absolute Gasteiger partial charge is 0.119 e. The van der Waals surface area contributed by atoms with Gasteiger partial charge in [-0.3, -0.25) is 0 Å². The van der Waals surface area contributed by atoms with Crippen molar-refractivity contribution < 1.29 is 10.2 Å². The van der Waals surface area contributed by atoms with Crippen LogP contribution in [0.25, 0.3) is 0 Å². The fourth-order valence-corrected chi connectivity index (χ4v) is 4.65. The molecule has 2 rings (SSSR count). The molecule has 0 aliphatic heterocycles. The van der Waals surface area contributed by atoms with Crippen LogP contribution >= 0.6 is 0 Å². The molecule has 2 aromatic carbocycles. The summed E-state index contributed by atoms with van der Waals surface area (Å²) >= 11 is 0. The molecule has 0 bridgehead atoms. The Balaban J connectivity index is 2.83. The summed E-state index contributed by atoms with van der Waals surface area (Å²) in [6, 6.07) is 7.72. The molecule has 0 aromatic heterocycles. The molecule has 0 saturated heterocycles. The summed E-state index contributed by atoms with van der Waals surface area (Å²) in [4.78, 5) is 0. The molecule has 0 spiro atoms. The van der Waals surface area contributed by atoms with Gasteiger partial charge in [0.25, 0.3) is 0 Å². The highest BCUT2D eigenvalue weighted by Crippen LogP contribution is 2.46. The number of phenols is 2. The lowest BCUT2D eigenvalue weighted by Crippen LogP contribution is -2.18. The maximum Gasteiger partial charge on any atom is 0.119 e. The highest BCUT2D eigenvalue weighted by Gasteiger charge is 2.29. The first-order chi connectivity index (χ1) is 12.8. The van der Waals surface area contributed by atoms with Gasteiger partial charge in [-0.25, -0.2) is 0 Å². The Kier molecular flexibility index (Phi) is 6.23. The van der Waals surface area contributed by atoms with Crippen LogP contribution in [-0.4, -0.2) is 10.2 Å². The average Bonchev–Trinajstić information content (AvgIpc) is 2.52. The molecular weight excluding hydrogens is 344 g/mol. The molecule has 0 heterocycles. The summed E-state index contributed by atoms with van der Waals surface area (Å²) < 4.78 is 0. The fraction of sp³-hybridized carbons (Fsp3) is 0.538. The molecule has 0 radical (unpaired) electrons. The summed E-state index contributed by atoms with van der Waals surface area (Å²) in [6.07, 6.45) is 1.85. The van der Waals surface area contributed by atoms with Gasteiger partial charge in [0.05, 0.1) is 0 Å². The van der Waals surface area contributed by atoms with Crippen molar-refractivity contribution in [1.82, 2.24) is 0 Å². The number of phenolic OH excluding ortho intramolecular Hbond substituents is 2. The average molecular weight is 383 g/mol. The summed E-state index contributed by atoms with van der Waals surface area (Å²) in [5.41, 5.74) is 6.65. The molecule has 2 heteroatoms. The predicted molar refractivity (Wildman–Crippen MR) is 120 cm³/mol. The zero-order chi connectivity index (χ0) is 21.4. The van der Waals surface area contributed by atoms with Crippen molar-refractivity contribution in [3.8, 4) is 11.5 Å². The fourth-order valence-electron chi connectivity index (χ4n) is 4.65. The second kappa shape index (κ2) is 7.81. The SMILES string of the molecule is CCCC(c1c(O)ccc(C(C)(C)C)c1C)c1c(O)ccc(C(C)(C)C)c1C. The van der Waals surface area contributed by atoms with Crippen molar-refractivity contribution >= 4 is 0 Å². The lowest BCUT2D eigenvalue weighted by Gasteiger charge is -2.30. The van der Waals surface area contributed by atoms with Crippen molar-refractivity contribution in [2.75, 3.05) is 0 Å². The van der Waals surface area contributed by atoms with Gasteiger partial charge in [0.1, 0.15) is 11.5 Å². The van der Waals surface area contributed by atoms with Crippen LogP contribution in [0.1, 0.15) is 101 Å². The Morgan fingerprint density at radius 2 is 1.07 bits per heavy atom. The van der Waals surface area contributed by atoms with Gasteiger partial charge in [-0.05, 0) is 65.5 Å². The van der Waals surface area contributed by atoms with Gasteiger partial charge in [0.15, 0.2) is 0 Å². The second-order valence-electron chi connectivity index (χ2n) is 10.2. The first-order valence-electron chi connectivity index (χ1n) is 10.5. The summed E-state index contributed by atoms with van der Waals surface area (Å²) in [6.45, 7) is 19.6. The normalized spacial score (nSPS) is 12.6. The van der Waals surface area contributed by atoms with E-state index in [1.807, 2.05) is 24.3 Å². The van der Waals surface area contributed by atoms with Gasteiger partial charge in [-0.1, -0.05) is 67.0 Å². The van der Waals surface area contributed by atoms with Crippen LogP contribution in [0.15, 0.2) is 24.3 Å². The summed E-state index contributed by atoms with van der Waals surface area (Å²) in [5.74, 6) is 0.613. The van der Waals surface area contributed by atoms with Crippen LogP contribution in [-0.2, 0) is 10.8 Å². The van der Waals surface area contributed by atoms with E-state index >= 15 is 0 Å². The van der Waals surface area contributed by atoms with Crippen LogP contribution in [0.4, 0.5) is 0 Å². The molecule has 2 nitrogen and oxygen atoms in total. The van der Waals surface area contributed by atoms with E-state index in [4.69, 9.17) is 0 Å². The molecular formula is C26H38O2. The van der Waals surface area contributed by atoms with Crippen LogP contribution in [0.5, 0.6) is 11.5 Å². The maximum atomic E-state index is 10.9. The van der Waals surface area contributed by atoms with Crippen LogP contribution in [0.2, 0.25) is 0 Å². The number of hydrogen-bond donors (Lipinski definition) is 2. The van der Waals surface area contributed by atoms with Crippen LogP contribution in [0, 0.1) is 13.8 Å². The van der Waals surface area contributed by atoms with E-state index < -0.39 is 0 Å². The standard InChI is InChI=1S/C26H38O2/c1-10-11-18(23-16(2)19(25(4,5)6)12-14-21(23)27)24-17(3)20(26(7,8)9)13-15-22(24)28/h12-15,18,27-28H,10-11H2,1-9H3. The van der Waals surface area contributed by atoms with Crippen LogP contribution in [0.3, 0.4) is 0 Å². The topological polar surface area (TPSA) is 40.5 Å². The Bertz CT molecular complexity index is 779. The van der Waals surface area contributed by atoms with Crippen molar-refractivity contribution in [1.29, 1.82) is 0 Å². The van der Waals surface area contributed by atoms with E-state index in [0.717, 1.165) is 35.1 Å². The molecule has 28 heavy (non-hydrogen) atoms. The van der Waals surface area contributed by atoms with Gasteiger partial charge in [-0.2, -0.15) is 0 Å². The number of benzene rings is 2. The molecule has 2 N–H and O–H groups in total. The molecule has 0 amide bonds. The highest BCUT2D eigenvalue weighted by atomic mass is 16.3. The predicted octanol–water partition coefficient (Wildman–Crippen LogP) is 7.24. The van der Waals surface area contributed by atoms with Gasteiger partial charge in [-0.15, -0.1) is 0 Å². The largest absolute Gasteiger partial charge is 0.508 e. The lowest BCUT2D eigenvalue weighted by atomic mass is 9.74. The molecule has 0 aliphatic carbocycles. The van der Waals surface area contributed by atoms with Gasteiger partial charge >= 0.3 is 0 Å². The van der Waals surface area contributed by atoms with E-state index in [2.05, 4.69) is 62.3 Å². The minimum Gasteiger partial charge on any atom is -0.508 e. The molecule has 2 aromatic rings. The van der Waals surface area contributed by atoms with Gasteiger partial charge in [0.2, 0.25) is 0 Å². The quantitative estimate of drug-likeness (QED) is 0.585. The lowest BCUT2D eigenvalue weighted by molar-refractivity contribution is 0.446. The number of rotatable bonds is 4. The Labute approximate surface area is 171 Å². The zero-order valence-corrected chi connectivity index (χ0v) is 19.2. The van der Waals surface area contributed by atoms with E-state index in [-0.39, 0.29) is 16.7 Å². The molecule has 0 fully saturated rings. The van der Waals surface area contributed by atoms with Crippen molar-refractivity contribution in [2.24, 2.45) is 0 Å². The number of hydrogen-bond acceptors (Lipinski definition) is 2. The third-order valence-corrected chi connectivity index (χ3v) is 5.87. The Morgan fingerprint density at radius 3 is 1.36 bits per heavy atom. The molecule has 0 unspecified atom stereocenters. The zero-order valence-electron chi connectivity index (χ0n) is 19.2. The first-order valence-corrected chi connectivity index (χ1v) is 10.5. The molecule has 0 aliphatic rings. The van der Waals surface area contributed by atoms with E-state index in [1.54, 1.807) is 0 Å². The molecule has 154 valence electrons. The van der Waals surface area contributed by atoms with Gasteiger partial charge in [0, 0.05) is 17.0 Å². The van der Waals surface area contributed by atoms with E-state index in [9.17, 15) is 10.2 Å². The van der Waals surface area contributed by atoms with E-state index in [0.29, 0.717) is 11.5 Å². The van der Waals surface area contributed by atoms with Crippen molar-refractivity contribution in [3.63, 3.8) is 0 Å². The Hall–Kier alpha value is -1.96. The third kappa shape index (κ3) is 4.21. The monoisotopic (exact) mass is 382 g/mol. The van der Waals surface area contributed by atoms with Gasteiger partial charge < -0.3 is 10.2 Å².